The van der Waals surface area contributed by atoms with Crippen molar-refractivity contribution in [2.24, 2.45) is 5.73 Å². The van der Waals surface area contributed by atoms with Crippen LogP contribution in [0.2, 0.25) is 0 Å². The van der Waals surface area contributed by atoms with Crippen LogP contribution in [0.1, 0.15) is 58.8 Å². The maximum absolute atomic E-state index is 12.0. The highest BCUT2D eigenvalue weighted by atomic mass is 16.4. The number of nitrogens with one attached hydrogen (secondary N) is 1. The second-order valence-electron chi connectivity index (χ2n) is 5.39. The van der Waals surface area contributed by atoms with Crippen molar-refractivity contribution in [3.8, 4) is 0 Å². The van der Waals surface area contributed by atoms with Gasteiger partial charge in [-0.2, -0.15) is 0 Å². The van der Waals surface area contributed by atoms with E-state index in [1.807, 2.05) is 0 Å². The average molecular weight is 256 g/mol. The van der Waals surface area contributed by atoms with E-state index in [0.29, 0.717) is 12.8 Å². The second kappa shape index (κ2) is 5.69. The number of hydrogen-bond acceptors (Lipinski definition) is 3. The van der Waals surface area contributed by atoms with Crippen molar-refractivity contribution >= 4 is 11.9 Å². The van der Waals surface area contributed by atoms with Crippen LogP contribution < -0.4 is 11.1 Å². The monoisotopic (exact) mass is 256 g/mol. The highest BCUT2D eigenvalue weighted by Gasteiger charge is 2.39. The van der Waals surface area contributed by atoms with E-state index >= 15 is 0 Å². The first-order chi connectivity index (χ1) is 8.37. The molecule has 104 valence electrons. The molecule has 1 amide bonds. The van der Waals surface area contributed by atoms with Crippen LogP contribution in [0.3, 0.4) is 0 Å². The first-order valence-corrected chi connectivity index (χ1v) is 6.71. The summed E-state index contributed by atoms with van der Waals surface area (Å²) in [6.45, 7) is 3.54. The van der Waals surface area contributed by atoms with Gasteiger partial charge in [0.2, 0.25) is 5.91 Å². The molecule has 5 nitrogen and oxygen atoms in total. The molecule has 1 rings (SSSR count). The lowest BCUT2D eigenvalue weighted by molar-refractivity contribution is -0.148. The zero-order valence-corrected chi connectivity index (χ0v) is 11.3. The summed E-state index contributed by atoms with van der Waals surface area (Å²) in [5.74, 6) is -1.22. The quantitative estimate of drug-likeness (QED) is 0.670. The lowest BCUT2D eigenvalue weighted by Gasteiger charge is -2.30. The maximum atomic E-state index is 12.0. The molecule has 0 aromatic rings. The third kappa shape index (κ3) is 3.22. The standard InChI is InChI=1S/C13H24N2O3/c1-3-13(4-2,11(17)18)15-10(16)9-12(14)7-5-6-8-12/h3-9,14H2,1-2H3,(H,15,16)(H,17,18). The first-order valence-electron chi connectivity index (χ1n) is 6.71. The number of carboxylic acids is 1. The minimum atomic E-state index is -1.15. The van der Waals surface area contributed by atoms with Crippen LogP contribution in [0.25, 0.3) is 0 Å². The van der Waals surface area contributed by atoms with E-state index in [0.717, 1.165) is 25.7 Å². The summed E-state index contributed by atoms with van der Waals surface area (Å²) in [6, 6.07) is 0. The lowest BCUT2D eigenvalue weighted by atomic mass is 9.90. The molecule has 0 atom stereocenters. The molecule has 1 aliphatic rings. The van der Waals surface area contributed by atoms with Crippen molar-refractivity contribution in [2.75, 3.05) is 0 Å². The summed E-state index contributed by atoms with van der Waals surface area (Å²) in [7, 11) is 0. The molecule has 5 heteroatoms. The van der Waals surface area contributed by atoms with Crippen LogP contribution in [-0.2, 0) is 9.59 Å². The van der Waals surface area contributed by atoms with Gasteiger partial charge in [-0.3, -0.25) is 4.79 Å². The highest BCUT2D eigenvalue weighted by molar-refractivity contribution is 5.87. The van der Waals surface area contributed by atoms with Crippen LogP contribution in [0.15, 0.2) is 0 Å². The summed E-state index contributed by atoms with van der Waals surface area (Å²) in [6.07, 6.45) is 4.77. The molecule has 0 radical (unpaired) electrons. The van der Waals surface area contributed by atoms with Gasteiger partial charge in [0, 0.05) is 12.0 Å². The number of carboxylic acid groups (broad SMARTS) is 1. The van der Waals surface area contributed by atoms with E-state index in [4.69, 9.17) is 5.73 Å². The van der Waals surface area contributed by atoms with E-state index in [1.165, 1.54) is 0 Å². The highest BCUT2D eigenvalue weighted by Crippen LogP contribution is 2.30. The molecule has 1 saturated carbocycles. The lowest BCUT2D eigenvalue weighted by Crippen LogP contribution is -2.55. The summed E-state index contributed by atoms with van der Waals surface area (Å²) in [4.78, 5) is 23.3. The van der Waals surface area contributed by atoms with Crippen LogP contribution in [0, 0.1) is 0 Å². The summed E-state index contributed by atoms with van der Waals surface area (Å²) >= 11 is 0. The zero-order chi connectivity index (χ0) is 13.8. The predicted molar refractivity (Wildman–Crippen MR) is 69.1 cm³/mol. The molecule has 0 aromatic carbocycles. The smallest absolute Gasteiger partial charge is 0.329 e. The molecule has 0 unspecified atom stereocenters. The predicted octanol–water partition coefficient (Wildman–Crippen LogP) is 1.41. The number of carbonyl (C=O) groups is 2. The van der Waals surface area contributed by atoms with Crippen molar-refractivity contribution in [1.29, 1.82) is 0 Å². The Morgan fingerprint density at radius 2 is 1.78 bits per heavy atom. The van der Waals surface area contributed by atoms with Crippen molar-refractivity contribution in [3.63, 3.8) is 0 Å². The van der Waals surface area contributed by atoms with Crippen LogP contribution >= 0.6 is 0 Å². The fourth-order valence-corrected chi connectivity index (χ4v) is 2.67. The number of nitrogens with two attached hydrogens (primary N) is 1. The van der Waals surface area contributed by atoms with Gasteiger partial charge in [0.25, 0.3) is 0 Å². The largest absolute Gasteiger partial charge is 0.480 e. The molecule has 0 spiro atoms. The Balaban J connectivity index is 2.64. The van der Waals surface area contributed by atoms with Gasteiger partial charge in [0.1, 0.15) is 5.54 Å². The number of aliphatic carboxylic acids is 1. The van der Waals surface area contributed by atoms with Gasteiger partial charge in [-0.25, -0.2) is 4.79 Å². The summed E-state index contributed by atoms with van der Waals surface area (Å²) in [5, 5.41) is 11.9. The Morgan fingerprint density at radius 1 is 1.28 bits per heavy atom. The van der Waals surface area contributed by atoms with Gasteiger partial charge >= 0.3 is 5.97 Å². The molecule has 0 heterocycles. The van der Waals surface area contributed by atoms with Crippen LogP contribution in [0.5, 0.6) is 0 Å². The Kier molecular flexibility index (Phi) is 4.73. The van der Waals surface area contributed by atoms with Crippen LogP contribution in [-0.4, -0.2) is 28.1 Å². The summed E-state index contributed by atoms with van der Waals surface area (Å²) in [5.41, 5.74) is 4.55. The van der Waals surface area contributed by atoms with Gasteiger partial charge in [0.15, 0.2) is 0 Å². The van der Waals surface area contributed by atoms with E-state index in [2.05, 4.69) is 5.32 Å². The molecular weight excluding hydrogens is 232 g/mol. The van der Waals surface area contributed by atoms with Gasteiger partial charge in [-0.15, -0.1) is 0 Å². The molecular formula is C13H24N2O3. The minimum Gasteiger partial charge on any atom is -0.480 e. The van der Waals surface area contributed by atoms with Gasteiger partial charge in [0.05, 0.1) is 0 Å². The molecule has 0 saturated heterocycles. The van der Waals surface area contributed by atoms with Gasteiger partial charge in [-0.1, -0.05) is 26.7 Å². The minimum absolute atomic E-state index is 0.224. The molecule has 1 aliphatic carbocycles. The molecule has 4 N–H and O–H groups in total. The Morgan fingerprint density at radius 3 is 2.17 bits per heavy atom. The summed E-state index contributed by atoms with van der Waals surface area (Å²) < 4.78 is 0. The SMILES string of the molecule is CCC(CC)(NC(=O)CC1(N)CCCC1)C(=O)O. The molecule has 0 aromatic heterocycles. The molecule has 1 fully saturated rings. The Hall–Kier alpha value is -1.10. The van der Waals surface area contributed by atoms with Gasteiger partial charge in [-0.05, 0) is 25.7 Å². The van der Waals surface area contributed by atoms with E-state index < -0.39 is 17.0 Å². The van der Waals surface area contributed by atoms with E-state index in [-0.39, 0.29) is 12.3 Å². The first kappa shape index (κ1) is 15.0. The van der Waals surface area contributed by atoms with Gasteiger partial charge < -0.3 is 16.2 Å². The fraction of sp³-hybridized carbons (Fsp3) is 0.846. The second-order valence-corrected chi connectivity index (χ2v) is 5.39. The van der Waals surface area contributed by atoms with Crippen LogP contribution in [0.4, 0.5) is 0 Å². The maximum Gasteiger partial charge on any atom is 0.329 e. The number of hydrogen-bond donors (Lipinski definition) is 3. The number of amides is 1. The fourth-order valence-electron chi connectivity index (χ4n) is 2.67. The van der Waals surface area contributed by atoms with Crippen molar-refractivity contribution in [2.45, 2.75) is 69.9 Å². The van der Waals surface area contributed by atoms with Crippen molar-refractivity contribution in [3.05, 3.63) is 0 Å². The van der Waals surface area contributed by atoms with Crippen molar-refractivity contribution < 1.29 is 14.7 Å². The zero-order valence-electron chi connectivity index (χ0n) is 11.3. The third-order valence-corrected chi connectivity index (χ3v) is 4.11. The number of carbonyl (C=O) groups excluding carboxylic acids is 1. The van der Waals surface area contributed by atoms with E-state index in [9.17, 15) is 14.7 Å². The third-order valence-electron chi connectivity index (χ3n) is 4.11. The normalized spacial score (nSPS) is 18.6. The van der Waals surface area contributed by atoms with Crippen molar-refractivity contribution in [1.82, 2.24) is 5.32 Å². The molecule has 0 aliphatic heterocycles. The van der Waals surface area contributed by atoms with E-state index in [1.54, 1.807) is 13.8 Å². The molecule has 18 heavy (non-hydrogen) atoms. The topological polar surface area (TPSA) is 92.4 Å². The molecule has 0 bridgehead atoms. The Bertz CT molecular complexity index is 318. The average Bonchev–Trinajstić information content (AvgIpc) is 2.72. The Labute approximate surface area is 108 Å². The number of rotatable bonds is 6.